The molecule has 4 aromatic carbocycles. The van der Waals surface area contributed by atoms with E-state index in [0.717, 1.165) is 89.9 Å². The van der Waals surface area contributed by atoms with Crippen molar-refractivity contribution >= 4 is 33.4 Å². The number of amides is 1. The van der Waals surface area contributed by atoms with Gasteiger partial charge in [-0.1, -0.05) is 136 Å². The van der Waals surface area contributed by atoms with Crippen molar-refractivity contribution in [1.82, 2.24) is 5.32 Å². The summed E-state index contributed by atoms with van der Waals surface area (Å²) in [5, 5.41) is 19.1. The number of hydrogen-bond donors (Lipinski definition) is 2. The number of carbonyl (C=O) groups excluding carboxylic acids is 2. The predicted octanol–water partition coefficient (Wildman–Crippen LogP) is 9.50. The first kappa shape index (κ1) is 40.8. The summed E-state index contributed by atoms with van der Waals surface area (Å²) >= 11 is 0. The molecule has 55 heavy (non-hydrogen) atoms. The standard InChI is InChI=1S/C47H61NO7/c1-47(2)52-33-40-44(55-47)45(54-42(50)26-14-10-6-4-8-12-20-35-28-30-37-22-16-18-24-39(37)32-35)43(46(51)53-40)48-41(49)25-13-9-5-3-7-11-19-34-27-29-36-21-15-17-23-38(36)31-34/h15-18,21-24,27-32,40,43-46,51H,3-14,19-20,25-26,33H2,1-2H3,(H,48,49)/t40-,43-,44-,45-,46-/m1/s1. The summed E-state index contributed by atoms with van der Waals surface area (Å²) in [5.74, 6) is -1.48. The fraction of sp³-hybridized carbons (Fsp3) is 0.532. The average molecular weight is 752 g/mol. The van der Waals surface area contributed by atoms with Gasteiger partial charge in [0.05, 0.1) is 6.61 Å². The van der Waals surface area contributed by atoms with E-state index in [1.165, 1.54) is 32.7 Å². The molecule has 2 aliphatic rings. The number of hydrogen-bond acceptors (Lipinski definition) is 7. The average Bonchev–Trinajstić information content (AvgIpc) is 3.18. The second kappa shape index (κ2) is 20.4. The van der Waals surface area contributed by atoms with Gasteiger partial charge in [0.1, 0.15) is 18.2 Å². The Labute approximate surface area is 327 Å². The van der Waals surface area contributed by atoms with E-state index in [9.17, 15) is 14.7 Å². The molecule has 0 radical (unpaired) electrons. The molecule has 5 atom stereocenters. The molecule has 4 aromatic rings. The van der Waals surface area contributed by atoms with Gasteiger partial charge in [0.15, 0.2) is 18.2 Å². The van der Waals surface area contributed by atoms with Crippen LogP contribution in [-0.4, -0.2) is 60.0 Å². The summed E-state index contributed by atoms with van der Waals surface area (Å²) in [7, 11) is 0. The van der Waals surface area contributed by atoms with Gasteiger partial charge in [-0.05, 0) is 85.0 Å². The van der Waals surface area contributed by atoms with Gasteiger partial charge in [-0.3, -0.25) is 9.59 Å². The molecule has 1 amide bonds. The number of aliphatic hydroxyl groups is 1. The fourth-order valence-electron chi connectivity index (χ4n) is 8.02. The van der Waals surface area contributed by atoms with Crippen LogP contribution >= 0.6 is 0 Å². The van der Waals surface area contributed by atoms with Crippen LogP contribution in [0.5, 0.6) is 0 Å². The van der Waals surface area contributed by atoms with E-state index in [2.05, 4.69) is 90.2 Å². The monoisotopic (exact) mass is 751 g/mol. The molecule has 0 aliphatic carbocycles. The molecule has 2 saturated heterocycles. The van der Waals surface area contributed by atoms with Crippen LogP contribution < -0.4 is 5.32 Å². The number of aliphatic hydroxyl groups excluding tert-OH is 1. The Hall–Kier alpha value is -3.82. The highest BCUT2D eigenvalue weighted by Crippen LogP contribution is 2.34. The quantitative estimate of drug-likeness (QED) is 0.0685. The highest BCUT2D eigenvalue weighted by atomic mass is 16.7. The number of benzene rings is 4. The number of unbranched alkanes of at least 4 members (excludes halogenated alkanes) is 10. The first-order chi connectivity index (χ1) is 26.7. The summed E-state index contributed by atoms with van der Waals surface area (Å²) in [6.45, 7) is 3.78. The number of ether oxygens (including phenoxy) is 4. The van der Waals surface area contributed by atoms with Crippen LogP contribution in [0.4, 0.5) is 0 Å². The summed E-state index contributed by atoms with van der Waals surface area (Å²) in [5.41, 5.74) is 2.76. The summed E-state index contributed by atoms with van der Waals surface area (Å²) in [4.78, 5) is 26.3. The van der Waals surface area contributed by atoms with Gasteiger partial charge in [-0.15, -0.1) is 0 Å². The third kappa shape index (κ3) is 12.3. The molecule has 2 N–H and O–H groups in total. The molecule has 0 bridgehead atoms. The maximum Gasteiger partial charge on any atom is 0.306 e. The minimum Gasteiger partial charge on any atom is -0.457 e. The van der Waals surface area contributed by atoms with Crippen LogP contribution in [0.1, 0.15) is 115 Å². The Morgan fingerprint density at radius 2 is 1.20 bits per heavy atom. The third-order valence-electron chi connectivity index (χ3n) is 11.1. The predicted molar refractivity (Wildman–Crippen MR) is 218 cm³/mol. The molecule has 296 valence electrons. The van der Waals surface area contributed by atoms with E-state index in [0.29, 0.717) is 6.42 Å². The van der Waals surface area contributed by atoms with Gasteiger partial charge in [0, 0.05) is 12.8 Å². The van der Waals surface area contributed by atoms with Gasteiger partial charge >= 0.3 is 5.97 Å². The van der Waals surface area contributed by atoms with Crippen molar-refractivity contribution in [2.45, 2.75) is 153 Å². The molecular weight excluding hydrogens is 691 g/mol. The SMILES string of the molecule is CC1(C)OC[C@H]2O[C@@H](O)[C@H](NC(=O)CCCCCCCCc3ccc4ccccc4c3)[C@@H](OC(=O)CCCCCCCCc3ccc4ccccc4c3)[C@@H]2O1. The van der Waals surface area contributed by atoms with Crippen LogP contribution in [0.2, 0.25) is 0 Å². The zero-order valence-electron chi connectivity index (χ0n) is 32.9. The van der Waals surface area contributed by atoms with Gasteiger partial charge in [-0.2, -0.15) is 0 Å². The number of rotatable bonds is 20. The molecule has 0 spiro atoms. The summed E-state index contributed by atoms with van der Waals surface area (Å²) in [6, 6.07) is 29.5. The van der Waals surface area contributed by atoms with Crippen molar-refractivity contribution in [1.29, 1.82) is 0 Å². The highest BCUT2D eigenvalue weighted by Gasteiger charge is 2.53. The van der Waals surface area contributed by atoms with Crippen molar-refractivity contribution in [2.75, 3.05) is 6.61 Å². The number of aryl methyl sites for hydroxylation is 2. The minimum absolute atomic E-state index is 0.187. The minimum atomic E-state index is -1.35. The molecule has 2 fully saturated rings. The van der Waals surface area contributed by atoms with Crippen molar-refractivity contribution in [3.05, 3.63) is 96.1 Å². The van der Waals surface area contributed by atoms with Crippen LogP contribution in [-0.2, 0) is 41.4 Å². The maximum atomic E-state index is 13.2. The van der Waals surface area contributed by atoms with E-state index < -0.39 is 36.4 Å². The van der Waals surface area contributed by atoms with Gasteiger partial charge in [0.25, 0.3) is 0 Å². The van der Waals surface area contributed by atoms with Crippen molar-refractivity contribution in [2.24, 2.45) is 0 Å². The fourth-order valence-corrected chi connectivity index (χ4v) is 8.02. The smallest absolute Gasteiger partial charge is 0.306 e. The van der Waals surface area contributed by atoms with Gasteiger partial charge in [-0.25, -0.2) is 0 Å². The van der Waals surface area contributed by atoms with Crippen molar-refractivity contribution < 1.29 is 33.6 Å². The van der Waals surface area contributed by atoms with Gasteiger partial charge in [0.2, 0.25) is 5.91 Å². The van der Waals surface area contributed by atoms with E-state index in [1.54, 1.807) is 13.8 Å². The summed E-state index contributed by atoms with van der Waals surface area (Å²) in [6.07, 6.45) is 11.6. The zero-order chi connectivity index (χ0) is 38.5. The molecule has 2 aliphatic heterocycles. The number of nitrogens with one attached hydrogen (secondary N) is 1. The molecule has 0 saturated carbocycles. The van der Waals surface area contributed by atoms with Crippen molar-refractivity contribution in [3.63, 3.8) is 0 Å². The molecule has 2 heterocycles. The molecule has 0 aromatic heterocycles. The number of esters is 1. The van der Waals surface area contributed by atoms with Gasteiger partial charge < -0.3 is 29.4 Å². The maximum absolute atomic E-state index is 13.2. The lowest BCUT2D eigenvalue weighted by Crippen LogP contribution is -2.69. The highest BCUT2D eigenvalue weighted by molar-refractivity contribution is 5.83. The number of fused-ring (bicyclic) bond motifs is 3. The molecular formula is C47H61NO7. The largest absolute Gasteiger partial charge is 0.457 e. The van der Waals surface area contributed by atoms with Crippen LogP contribution in [0.15, 0.2) is 84.9 Å². The second-order valence-corrected chi connectivity index (χ2v) is 16.0. The van der Waals surface area contributed by atoms with E-state index in [-0.39, 0.29) is 24.9 Å². The lowest BCUT2D eigenvalue weighted by molar-refractivity contribution is -0.365. The van der Waals surface area contributed by atoms with Crippen LogP contribution in [0.3, 0.4) is 0 Å². The van der Waals surface area contributed by atoms with E-state index in [1.807, 2.05) is 0 Å². The Morgan fingerprint density at radius 3 is 1.78 bits per heavy atom. The first-order valence-electron chi connectivity index (χ1n) is 20.8. The van der Waals surface area contributed by atoms with Crippen LogP contribution in [0, 0.1) is 0 Å². The normalized spacial score (nSPS) is 22.0. The Morgan fingerprint density at radius 1 is 0.691 bits per heavy atom. The first-order valence-corrected chi connectivity index (χ1v) is 20.8. The Balaban J connectivity index is 0.881. The Bertz CT molecular complexity index is 1820. The Kier molecular flexibility index (Phi) is 15.1. The zero-order valence-corrected chi connectivity index (χ0v) is 32.9. The molecule has 0 unspecified atom stereocenters. The topological polar surface area (TPSA) is 103 Å². The van der Waals surface area contributed by atoms with Crippen molar-refractivity contribution in [3.8, 4) is 0 Å². The van der Waals surface area contributed by atoms with E-state index >= 15 is 0 Å². The molecule has 6 rings (SSSR count). The van der Waals surface area contributed by atoms with E-state index in [4.69, 9.17) is 18.9 Å². The number of carbonyl (C=O) groups is 2. The summed E-state index contributed by atoms with van der Waals surface area (Å²) < 4.78 is 23.8. The van der Waals surface area contributed by atoms with Crippen LogP contribution in [0.25, 0.3) is 21.5 Å². The lowest BCUT2D eigenvalue weighted by Gasteiger charge is -2.49. The lowest BCUT2D eigenvalue weighted by atomic mass is 9.94. The molecule has 8 heteroatoms. The third-order valence-corrected chi connectivity index (χ3v) is 11.1. The second-order valence-electron chi connectivity index (χ2n) is 16.0. The molecule has 8 nitrogen and oxygen atoms in total.